The van der Waals surface area contributed by atoms with Crippen molar-refractivity contribution in [1.82, 2.24) is 15.1 Å². The number of amides is 1. The predicted octanol–water partition coefficient (Wildman–Crippen LogP) is 3.93. The third kappa shape index (κ3) is 3.28. The SMILES string of the molecule is Nc1nc(NC(=O)c2ccon2)cnc1-c1cc(Cl)cc(Cl)c1Cl. The van der Waals surface area contributed by atoms with E-state index in [1.165, 1.54) is 24.6 Å². The summed E-state index contributed by atoms with van der Waals surface area (Å²) in [5.74, 6) is -0.310. The van der Waals surface area contributed by atoms with Gasteiger partial charge in [0.25, 0.3) is 5.91 Å². The first-order valence-electron chi connectivity index (χ1n) is 6.45. The fourth-order valence-corrected chi connectivity index (χ4v) is 2.60. The smallest absolute Gasteiger partial charge is 0.279 e. The van der Waals surface area contributed by atoms with Gasteiger partial charge in [-0.05, 0) is 12.1 Å². The average Bonchev–Trinajstić information content (AvgIpc) is 3.06. The van der Waals surface area contributed by atoms with Crippen molar-refractivity contribution in [2.24, 2.45) is 0 Å². The van der Waals surface area contributed by atoms with Crippen molar-refractivity contribution in [1.29, 1.82) is 0 Å². The number of carbonyl (C=O) groups is 1. The normalized spacial score (nSPS) is 10.6. The lowest BCUT2D eigenvalue weighted by atomic mass is 10.1. The summed E-state index contributed by atoms with van der Waals surface area (Å²) in [6, 6.07) is 4.49. The molecule has 122 valence electrons. The fourth-order valence-electron chi connectivity index (χ4n) is 1.91. The predicted molar refractivity (Wildman–Crippen MR) is 91.4 cm³/mol. The zero-order valence-electron chi connectivity index (χ0n) is 11.8. The maximum atomic E-state index is 11.9. The first-order chi connectivity index (χ1) is 11.5. The van der Waals surface area contributed by atoms with E-state index in [2.05, 4.69) is 25.0 Å². The zero-order valence-corrected chi connectivity index (χ0v) is 14.0. The summed E-state index contributed by atoms with van der Waals surface area (Å²) < 4.78 is 4.60. The van der Waals surface area contributed by atoms with Crippen LogP contribution < -0.4 is 11.1 Å². The molecule has 0 fully saturated rings. The minimum atomic E-state index is -0.506. The first kappa shape index (κ1) is 16.5. The molecule has 2 aromatic heterocycles. The summed E-state index contributed by atoms with van der Waals surface area (Å²) in [7, 11) is 0. The minimum Gasteiger partial charge on any atom is -0.382 e. The van der Waals surface area contributed by atoms with E-state index in [9.17, 15) is 4.79 Å². The van der Waals surface area contributed by atoms with Gasteiger partial charge in [0.1, 0.15) is 12.0 Å². The number of halogens is 3. The standard InChI is InChI=1S/C14H8Cl3N5O2/c15-6-3-7(11(17)8(16)4-6)12-13(18)20-10(5-19-12)21-14(23)9-1-2-24-22-9/h1-5H,(H3,18,20,21,23). The Balaban J connectivity index is 1.92. The van der Waals surface area contributed by atoms with Gasteiger partial charge in [-0.2, -0.15) is 0 Å². The van der Waals surface area contributed by atoms with Crippen LogP contribution in [0.15, 0.2) is 35.2 Å². The summed E-state index contributed by atoms with van der Waals surface area (Å²) in [5, 5.41) is 6.92. The van der Waals surface area contributed by atoms with Crippen LogP contribution in [0.25, 0.3) is 11.3 Å². The maximum Gasteiger partial charge on any atom is 0.279 e. The van der Waals surface area contributed by atoms with Gasteiger partial charge in [-0.1, -0.05) is 40.0 Å². The molecule has 7 nitrogen and oxygen atoms in total. The average molecular weight is 385 g/mol. The lowest BCUT2D eigenvalue weighted by Gasteiger charge is -2.10. The summed E-state index contributed by atoms with van der Waals surface area (Å²) in [6.45, 7) is 0. The number of hydrogen-bond acceptors (Lipinski definition) is 6. The van der Waals surface area contributed by atoms with Crippen molar-refractivity contribution in [3.63, 3.8) is 0 Å². The van der Waals surface area contributed by atoms with Gasteiger partial charge in [0.2, 0.25) is 0 Å². The second-order valence-corrected chi connectivity index (χ2v) is 5.80. The zero-order chi connectivity index (χ0) is 17.3. The molecule has 3 N–H and O–H groups in total. The van der Waals surface area contributed by atoms with Crippen LogP contribution in [0.5, 0.6) is 0 Å². The van der Waals surface area contributed by atoms with Gasteiger partial charge in [0, 0.05) is 16.7 Å². The van der Waals surface area contributed by atoms with Gasteiger partial charge in [-0.15, -0.1) is 0 Å². The topological polar surface area (TPSA) is 107 Å². The van der Waals surface area contributed by atoms with E-state index in [-0.39, 0.29) is 27.4 Å². The van der Waals surface area contributed by atoms with E-state index < -0.39 is 5.91 Å². The molecular weight excluding hydrogens is 377 g/mol. The molecule has 0 saturated carbocycles. The van der Waals surface area contributed by atoms with Crippen LogP contribution in [-0.2, 0) is 0 Å². The third-order valence-electron chi connectivity index (χ3n) is 2.96. The molecule has 0 saturated heterocycles. The van der Waals surface area contributed by atoms with Gasteiger partial charge in [0.15, 0.2) is 17.3 Å². The van der Waals surface area contributed by atoms with Gasteiger partial charge in [-0.25, -0.2) is 9.97 Å². The quantitative estimate of drug-likeness (QED) is 0.663. The van der Waals surface area contributed by atoms with E-state index in [4.69, 9.17) is 40.5 Å². The van der Waals surface area contributed by atoms with Crippen molar-refractivity contribution < 1.29 is 9.32 Å². The maximum absolute atomic E-state index is 11.9. The number of nitrogen functional groups attached to an aromatic ring is 1. The summed E-state index contributed by atoms with van der Waals surface area (Å²) in [6.07, 6.45) is 2.61. The van der Waals surface area contributed by atoms with Crippen LogP contribution in [0.3, 0.4) is 0 Å². The fraction of sp³-hybridized carbons (Fsp3) is 0. The van der Waals surface area contributed by atoms with Crippen molar-refractivity contribution in [2.75, 3.05) is 11.1 Å². The van der Waals surface area contributed by atoms with Crippen LogP contribution in [-0.4, -0.2) is 21.0 Å². The Labute approximate surface area is 150 Å². The number of carbonyl (C=O) groups excluding carboxylic acids is 1. The lowest BCUT2D eigenvalue weighted by molar-refractivity contribution is 0.101. The van der Waals surface area contributed by atoms with Crippen molar-refractivity contribution in [3.05, 3.63) is 51.4 Å². The molecule has 1 amide bonds. The highest BCUT2D eigenvalue weighted by atomic mass is 35.5. The Morgan fingerprint density at radius 2 is 2.04 bits per heavy atom. The van der Waals surface area contributed by atoms with Gasteiger partial charge < -0.3 is 15.6 Å². The summed E-state index contributed by atoms with van der Waals surface area (Å²) in [4.78, 5) is 20.1. The number of hydrogen-bond donors (Lipinski definition) is 2. The van der Waals surface area contributed by atoms with E-state index in [0.717, 1.165) is 0 Å². The molecule has 0 bridgehead atoms. The molecule has 10 heteroatoms. The van der Waals surface area contributed by atoms with E-state index in [0.29, 0.717) is 16.3 Å². The molecule has 24 heavy (non-hydrogen) atoms. The van der Waals surface area contributed by atoms with Gasteiger partial charge in [0.05, 0.1) is 16.2 Å². The number of anilines is 2. The third-order valence-corrected chi connectivity index (χ3v) is 3.98. The molecule has 2 heterocycles. The van der Waals surface area contributed by atoms with Gasteiger partial charge >= 0.3 is 0 Å². The van der Waals surface area contributed by atoms with Crippen LogP contribution in [0, 0.1) is 0 Å². The van der Waals surface area contributed by atoms with E-state index >= 15 is 0 Å². The Hall–Kier alpha value is -2.35. The molecular formula is C14H8Cl3N5O2. The van der Waals surface area contributed by atoms with Crippen molar-refractivity contribution in [2.45, 2.75) is 0 Å². The lowest BCUT2D eigenvalue weighted by Crippen LogP contribution is -2.14. The molecule has 0 aliphatic rings. The Kier molecular flexibility index (Phi) is 4.57. The van der Waals surface area contributed by atoms with Crippen LogP contribution in [0.4, 0.5) is 11.6 Å². The molecule has 3 rings (SSSR count). The van der Waals surface area contributed by atoms with Crippen LogP contribution >= 0.6 is 34.8 Å². The minimum absolute atomic E-state index is 0.0492. The van der Waals surface area contributed by atoms with E-state index in [1.807, 2.05) is 0 Å². The molecule has 0 radical (unpaired) electrons. The van der Waals surface area contributed by atoms with Crippen molar-refractivity contribution in [3.8, 4) is 11.3 Å². The van der Waals surface area contributed by atoms with Crippen LogP contribution in [0.1, 0.15) is 10.5 Å². The van der Waals surface area contributed by atoms with Gasteiger partial charge in [-0.3, -0.25) is 4.79 Å². The Bertz CT molecular complexity index is 915. The molecule has 0 aliphatic heterocycles. The largest absolute Gasteiger partial charge is 0.382 e. The van der Waals surface area contributed by atoms with Crippen molar-refractivity contribution >= 4 is 52.3 Å². The first-order valence-corrected chi connectivity index (χ1v) is 7.58. The summed E-state index contributed by atoms with van der Waals surface area (Å²) in [5.41, 5.74) is 6.75. The number of nitrogens with two attached hydrogens (primary N) is 1. The number of benzene rings is 1. The molecule has 0 aliphatic carbocycles. The number of rotatable bonds is 3. The highest BCUT2D eigenvalue weighted by Crippen LogP contribution is 2.37. The second kappa shape index (κ2) is 6.64. The Morgan fingerprint density at radius 1 is 1.25 bits per heavy atom. The molecule has 0 unspecified atom stereocenters. The van der Waals surface area contributed by atoms with E-state index in [1.54, 1.807) is 6.07 Å². The summed E-state index contributed by atoms with van der Waals surface area (Å²) >= 11 is 18.1. The highest BCUT2D eigenvalue weighted by molar-refractivity contribution is 6.45. The second-order valence-electron chi connectivity index (χ2n) is 4.58. The Morgan fingerprint density at radius 3 is 2.71 bits per heavy atom. The monoisotopic (exact) mass is 383 g/mol. The molecule has 0 atom stereocenters. The molecule has 3 aromatic rings. The molecule has 1 aromatic carbocycles. The molecule has 0 spiro atoms. The number of aromatic nitrogens is 3. The van der Waals surface area contributed by atoms with Crippen LogP contribution in [0.2, 0.25) is 15.1 Å². The highest BCUT2D eigenvalue weighted by Gasteiger charge is 2.16. The number of nitrogens with zero attached hydrogens (tertiary/aromatic N) is 3. The number of nitrogens with one attached hydrogen (secondary N) is 1.